The van der Waals surface area contributed by atoms with Gasteiger partial charge < -0.3 is 21.5 Å². The van der Waals surface area contributed by atoms with Gasteiger partial charge in [0, 0.05) is 17.8 Å². The monoisotopic (exact) mass is 443 g/mol. The van der Waals surface area contributed by atoms with E-state index >= 15 is 0 Å². The maximum absolute atomic E-state index is 12.2. The third-order valence-corrected chi connectivity index (χ3v) is 6.24. The Morgan fingerprint density at radius 3 is 2.45 bits per heavy atom. The predicted octanol–water partition coefficient (Wildman–Crippen LogP) is 4.70. The molecule has 0 radical (unpaired) electrons. The molecule has 0 unspecified atom stereocenters. The van der Waals surface area contributed by atoms with E-state index in [4.69, 9.17) is 5.73 Å². The summed E-state index contributed by atoms with van der Waals surface area (Å²) in [6, 6.07) is 15.2. The van der Waals surface area contributed by atoms with E-state index < -0.39 is 11.5 Å². The Labute approximate surface area is 193 Å². The van der Waals surface area contributed by atoms with Gasteiger partial charge in [-0.15, -0.1) is 0 Å². The highest BCUT2D eigenvalue weighted by atomic mass is 16.3. The van der Waals surface area contributed by atoms with Crippen molar-refractivity contribution in [3.8, 4) is 22.3 Å². The number of hydrogen-bond donors (Lipinski definition) is 4. The molecule has 1 aliphatic carbocycles. The lowest BCUT2D eigenvalue weighted by atomic mass is 9.88. The number of amides is 3. The predicted molar refractivity (Wildman–Crippen MR) is 131 cm³/mol. The van der Waals surface area contributed by atoms with Gasteiger partial charge in [-0.3, -0.25) is 4.79 Å². The van der Waals surface area contributed by atoms with E-state index in [0.717, 1.165) is 50.2 Å². The Morgan fingerprint density at radius 1 is 1.06 bits per heavy atom. The van der Waals surface area contributed by atoms with Crippen LogP contribution >= 0.6 is 0 Å². The van der Waals surface area contributed by atoms with Gasteiger partial charge in [-0.2, -0.15) is 0 Å². The molecule has 0 aromatic heterocycles. The van der Waals surface area contributed by atoms with Crippen molar-refractivity contribution in [2.45, 2.75) is 39.7 Å². The number of anilines is 1. The van der Waals surface area contributed by atoms with Gasteiger partial charge in [0.15, 0.2) is 0 Å². The zero-order chi connectivity index (χ0) is 23.9. The highest BCUT2D eigenvalue weighted by Gasteiger charge is 2.29. The van der Waals surface area contributed by atoms with Crippen molar-refractivity contribution in [2.75, 3.05) is 11.9 Å². The molecule has 0 atom stereocenters. The van der Waals surface area contributed by atoms with Gasteiger partial charge in [0.2, 0.25) is 5.91 Å². The number of urea groups is 1. The summed E-state index contributed by atoms with van der Waals surface area (Å²) in [7, 11) is 0. The van der Waals surface area contributed by atoms with E-state index in [-0.39, 0.29) is 6.03 Å². The number of benzene rings is 3. The number of primary amides is 1. The maximum Gasteiger partial charge on any atom is 0.319 e. The third-order valence-electron chi connectivity index (χ3n) is 6.24. The van der Waals surface area contributed by atoms with Crippen molar-refractivity contribution in [1.82, 2.24) is 5.32 Å². The van der Waals surface area contributed by atoms with Crippen molar-refractivity contribution in [2.24, 2.45) is 5.73 Å². The summed E-state index contributed by atoms with van der Waals surface area (Å²) in [4.78, 5) is 24.3. The molecule has 170 valence electrons. The quantitative estimate of drug-likeness (QED) is 0.359. The van der Waals surface area contributed by atoms with Crippen LogP contribution in [0.25, 0.3) is 22.3 Å². The minimum atomic E-state index is -0.963. The van der Waals surface area contributed by atoms with Crippen LogP contribution < -0.4 is 16.4 Å². The van der Waals surface area contributed by atoms with Crippen LogP contribution in [0.2, 0.25) is 0 Å². The second-order valence-corrected chi connectivity index (χ2v) is 8.95. The number of aliphatic hydroxyl groups is 1. The normalized spacial score (nSPS) is 12.2. The van der Waals surface area contributed by atoms with Crippen LogP contribution in [-0.4, -0.2) is 23.6 Å². The fourth-order valence-corrected chi connectivity index (χ4v) is 4.54. The Kier molecular flexibility index (Phi) is 5.72. The van der Waals surface area contributed by atoms with E-state index in [9.17, 15) is 14.7 Å². The van der Waals surface area contributed by atoms with Crippen molar-refractivity contribution in [1.29, 1.82) is 0 Å². The van der Waals surface area contributed by atoms with Crippen molar-refractivity contribution in [3.05, 3.63) is 76.3 Å². The molecule has 0 spiro atoms. The molecular weight excluding hydrogens is 414 g/mol. The van der Waals surface area contributed by atoms with Gasteiger partial charge in [0.25, 0.3) is 0 Å². The smallest absolute Gasteiger partial charge is 0.319 e. The fraction of sp³-hybridized carbons (Fsp3) is 0.259. The molecule has 0 heterocycles. The SMILES string of the molecule is CCNC(=O)Nc1cccc(-c2ccc(C(N)=O)c3c2-c2ccc(C(C)(C)O)cc2C3)c1C. The standard InChI is InChI=1S/C27H29N3O3/c1-5-29-26(32)30-23-8-6-7-18(15(23)2)20-11-12-21(25(28)31)22-14-16-13-17(27(3,4)33)9-10-19(16)24(20)22/h6-13,33H,5,14H2,1-4H3,(H2,28,31)(H2,29,30,32). The highest BCUT2D eigenvalue weighted by Crippen LogP contribution is 2.46. The minimum Gasteiger partial charge on any atom is -0.386 e. The first-order chi connectivity index (χ1) is 15.6. The van der Waals surface area contributed by atoms with Crippen LogP contribution in [0.1, 0.15) is 53.4 Å². The lowest BCUT2D eigenvalue weighted by Gasteiger charge is -2.19. The zero-order valence-electron chi connectivity index (χ0n) is 19.4. The summed E-state index contributed by atoms with van der Waals surface area (Å²) in [5.74, 6) is -0.461. The van der Waals surface area contributed by atoms with Gasteiger partial charge in [-0.1, -0.05) is 36.4 Å². The minimum absolute atomic E-state index is 0.253. The summed E-state index contributed by atoms with van der Waals surface area (Å²) < 4.78 is 0. The Balaban J connectivity index is 1.90. The topological polar surface area (TPSA) is 104 Å². The van der Waals surface area contributed by atoms with E-state index in [1.807, 2.05) is 56.3 Å². The Morgan fingerprint density at radius 2 is 1.79 bits per heavy atom. The molecule has 6 nitrogen and oxygen atoms in total. The van der Waals surface area contributed by atoms with E-state index in [1.165, 1.54) is 0 Å². The zero-order valence-corrected chi connectivity index (χ0v) is 19.4. The molecule has 4 rings (SSSR count). The summed E-state index contributed by atoms with van der Waals surface area (Å²) in [6.45, 7) is 7.89. The first kappa shape index (κ1) is 22.6. The fourth-order valence-electron chi connectivity index (χ4n) is 4.54. The number of nitrogens with one attached hydrogen (secondary N) is 2. The lowest BCUT2D eigenvalue weighted by Crippen LogP contribution is -2.28. The second-order valence-electron chi connectivity index (χ2n) is 8.95. The molecule has 6 heteroatoms. The average Bonchev–Trinajstić information content (AvgIpc) is 3.13. The molecule has 33 heavy (non-hydrogen) atoms. The Hall–Kier alpha value is -3.64. The number of carbonyl (C=O) groups excluding carboxylic acids is 2. The summed E-state index contributed by atoms with van der Waals surface area (Å²) in [5.41, 5.74) is 13.6. The van der Waals surface area contributed by atoms with Crippen LogP contribution in [0.4, 0.5) is 10.5 Å². The first-order valence-corrected chi connectivity index (χ1v) is 11.1. The third kappa shape index (κ3) is 4.10. The lowest BCUT2D eigenvalue weighted by molar-refractivity contribution is 0.0785. The van der Waals surface area contributed by atoms with Gasteiger partial charge in [0.1, 0.15) is 0 Å². The molecule has 1 aliphatic rings. The van der Waals surface area contributed by atoms with Gasteiger partial charge >= 0.3 is 6.03 Å². The van der Waals surface area contributed by atoms with E-state index in [0.29, 0.717) is 18.5 Å². The van der Waals surface area contributed by atoms with Gasteiger partial charge in [0.05, 0.1) is 5.60 Å². The van der Waals surface area contributed by atoms with Crippen LogP contribution in [0.15, 0.2) is 48.5 Å². The number of hydrogen-bond acceptors (Lipinski definition) is 3. The second kappa shape index (κ2) is 8.37. The van der Waals surface area contributed by atoms with Crippen molar-refractivity contribution >= 4 is 17.6 Å². The highest BCUT2D eigenvalue weighted by molar-refractivity contribution is 6.02. The summed E-state index contributed by atoms with van der Waals surface area (Å²) in [5, 5.41) is 16.1. The number of nitrogens with two attached hydrogens (primary N) is 1. The molecule has 3 amide bonds. The molecule has 0 aliphatic heterocycles. The Bertz CT molecular complexity index is 1270. The van der Waals surface area contributed by atoms with Gasteiger partial charge in [-0.25, -0.2) is 4.79 Å². The maximum atomic E-state index is 12.2. The van der Waals surface area contributed by atoms with Crippen molar-refractivity contribution in [3.63, 3.8) is 0 Å². The molecule has 5 N–H and O–H groups in total. The molecule has 3 aromatic carbocycles. The number of fused-ring (bicyclic) bond motifs is 3. The molecule has 3 aromatic rings. The average molecular weight is 444 g/mol. The molecular formula is C27H29N3O3. The molecule has 0 bridgehead atoms. The van der Waals surface area contributed by atoms with Crippen LogP contribution in [0.5, 0.6) is 0 Å². The number of carbonyl (C=O) groups is 2. The van der Waals surface area contributed by atoms with E-state index in [1.54, 1.807) is 19.9 Å². The summed E-state index contributed by atoms with van der Waals surface area (Å²) >= 11 is 0. The van der Waals surface area contributed by atoms with Crippen molar-refractivity contribution < 1.29 is 14.7 Å². The van der Waals surface area contributed by atoms with Crippen LogP contribution in [0, 0.1) is 6.92 Å². The molecule has 0 saturated heterocycles. The number of rotatable bonds is 5. The van der Waals surface area contributed by atoms with Crippen LogP contribution in [0.3, 0.4) is 0 Å². The summed E-state index contributed by atoms with van der Waals surface area (Å²) in [6.07, 6.45) is 0.566. The molecule has 0 saturated carbocycles. The molecule has 0 fully saturated rings. The largest absolute Gasteiger partial charge is 0.386 e. The van der Waals surface area contributed by atoms with E-state index in [2.05, 4.69) is 10.6 Å². The van der Waals surface area contributed by atoms with Gasteiger partial charge in [-0.05, 0) is 90.8 Å². The first-order valence-electron chi connectivity index (χ1n) is 11.1. The van der Waals surface area contributed by atoms with Crippen LogP contribution in [-0.2, 0) is 12.0 Å².